The summed E-state index contributed by atoms with van der Waals surface area (Å²) in [6.07, 6.45) is 1.63. The van der Waals surface area contributed by atoms with Gasteiger partial charge in [0, 0.05) is 24.0 Å². The third-order valence-electron chi connectivity index (χ3n) is 6.53. The van der Waals surface area contributed by atoms with Crippen LogP contribution in [0.5, 0.6) is 11.5 Å². The molecule has 2 aromatic rings. The van der Waals surface area contributed by atoms with Crippen LogP contribution in [0.25, 0.3) is 0 Å². The summed E-state index contributed by atoms with van der Waals surface area (Å²) in [7, 11) is 0. The van der Waals surface area contributed by atoms with E-state index in [9.17, 15) is 0 Å². The molecule has 6 heteroatoms. The topological polar surface area (TPSA) is 65.3 Å². The molecule has 0 aliphatic carbocycles. The van der Waals surface area contributed by atoms with Crippen molar-refractivity contribution < 1.29 is 28.4 Å². The zero-order valence-electron chi connectivity index (χ0n) is 19.8. The maximum absolute atomic E-state index is 6.07. The first-order valence-electron chi connectivity index (χ1n) is 12.0. The van der Waals surface area contributed by atoms with Crippen LogP contribution in [-0.4, -0.2) is 58.0 Å². The molecule has 3 unspecified atom stereocenters. The molecule has 2 aromatic carbocycles. The Kier molecular flexibility index (Phi) is 6.61. The molecule has 0 radical (unpaired) electrons. The summed E-state index contributed by atoms with van der Waals surface area (Å²) in [6.45, 7) is 11.3. The van der Waals surface area contributed by atoms with Crippen LogP contribution in [0.1, 0.15) is 43.0 Å². The van der Waals surface area contributed by atoms with Gasteiger partial charge in [0.1, 0.15) is 36.9 Å². The molecule has 0 amide bonds. The fourth-order valence-electron chi connectivity index (χ4n) is 3.99. The quantitative estimate of drug-likeness (QED) is 0.426. The Morgan fingerprint density at radius 1 is 0.788 bits per heavy atom. The highest BCUT2D eigenvalue weighted by Crippen LogP contribution is 2.37. The second kappa shape index (κ2) is 9.63. The summed E-state index contributed by atoms with van der Waals surface area (Å²) in [5.74, 6) is 1.81. The first-order valence-corrected chi connectivity index (χ1v) is 12.0. The molecule has 0 N–H and O–H groups in total. The predicted molar refractivity (Wildman–Crippen MR) is 124 cm³/mol. The highest BCUT2D eigenvalue weighted by Gasteiger charge is 2.30. The maximum atomic E-state index is 6.07. The van der Waals surface area contributed by atoms with Gasteiger partial charge in [-0.1, -0.05) is 32.0 Å². The van der Waals surface area contributed by atoms with Gasteiger partial charge in [0.15, 0.2) is 0 Å². The van der Waals surface area contributed by atoms with Gasteiger partial charge >= 0.3 is 0 Å². The molecule has 0 spiro atoms. The summed E-state index contributed by atoms with van der Waals surface area (Å²) in [6, 6.07) is 13.0. The Bertz CT molecular complexity index is 959. The van der Waals surface area contributed by atoms with Crippen molar-refractivity contribution in [2.75, 3.05) is 39.6 Å². The molecule has 3 aliphatic rings. The van der Waals surface area contributed by atoms with Gasteiger partial charge in [0.2, 0.25) is 0 Å². The molecular weight excluding hydrogens is 420 g/mol. The summed E-state index contributed by atoms with van der Waals surface area (Å²) in [5.41, 5.74) is 4.54. The Morgan fingerprint density at radius 3 is 1.82 bits per heavy atom. The monoisotopic (exact) mass is 454 g/mol. The predicted octanol–water partition coefficient (Wildman–Crippen LogP) is 4.05. The lowest BCUT2D eigenvalue weighted by atomic mass is 9.77. The molecular formula is C27H34O6. The maximum Gasteiger partial charge on any atom is 0.124 e. The lowest BCUT2D eigenvalue weighted by Crippen LogP contribution is -2.20. The van der Waals surface area contributed by atoms with Crippen molar-refractivity contribution in [3.05, 3.63) is 58.7 Å². The van der Waals surface area contributed by atoms with Gasteiger partial charge < -0.3 is 28.4 Å². The van der Waals surface area contributed by atoms with E-state index in [2.05, 4.69) is 50.2 Å². The van der Waals surface area contributed by atoms with Gasteiger partial charge in [-0.05, 0) is 41.8 Å². The van der Waals surface area contributed by atoms with Gasteiger partial charge in [-0.2, -0.15) is 0 Å². The standard InChI is InChI=1S/C27H34O6/c1-4-28-12-19-10-21(6-8-26(19)33-17-24-15-31-24)27(2,3)20-5-7-25(32-16-23-14-30-23)18(9-20)11-22-13-29-22/h5-10,22-24H,4,11-17H2,1-3H3. The van der Waals surface area contributed by atoms with Gasteiger partial charge in [0.25, 0.3) is 0 Å². The third-order valence-corrected chi connectivity index (χ3v) is 6.53. The first-order chi connectivity index (χ1) is 16.0. The number of rotatable bonds is 13. The highest BCUT2D eigenvalue weighted by atomic mass is 16.6. The summed E-state index contributed by atoms with van der Waals surface area (Å²) in [4.78, 5) is 0. The van der Waals surface area contributed by atoms with E-state index < -0.39 is 0 Å². The number of epoxide rings is 3. The van der Waals surface area contributed by atoms with Crippen LogP contribution in [0.4, 0.5) is 0 Å². The molecule has 0 saturated carbocycles. The van der Waals surface area contributed by atoms with Crippen molar-refractivity contribution >= 4 is 0 Å². The minimum absolute atomic E-state index is 0.198. The zero-order valence-corrected chi connectivity index (χ0v) is 19.8. The molecule has 6 nitrogen and oxygen atoms in total. The molecule has 3 atom stereocenters. The molecule has 3 fully saturated rings. The van der Waals surface area contributed by atoms with E-state index in [-0.39, 0.29) is 17.6 Å². The third kappa shape index (κ3) is 5.87. The summed E-state index contributed by atoms with van der Waals surface area (Å²) in [5, 5.41) is 0. The van der Waals surface area contributed by atoms with Gasteiger partial charge in [-0.3, -0.25) is 0 Å². The second-order valence-corrected chi connectivity index (χ2v) is 9.60. The fraction of sp³-hybridized carbons (Fsp3) is 0.556. The van der Waals surface area contributed by atoms with Crippen molar-refractivity contribution in [2.24, 2.45) is 0 Å². The van der Waals surface area contributed by atoms with E-state index in [0.717, 1.165) is 43.3 Å². The average molecular weight is 455 g/mol. The van der Waals surface area contributed by atoms with E-state index in [0.29, 0.717) is 32.5 Å². The minimum Gasteiger partial charge on any atom is -0.491 e. The van der Waals surface area contributed by atoms with E-state index >= 15 is 0 Å². The smallest absolute Gasteiger partial charge is 0.124 e. The number of hydrogen-bond donors (Lipinski definition) is 0. The molecule has 33 heavy (non-hydrogen) atoms. The fourth-order valence-corrected chi connectivity index (χ4v) is 3.99. The molecule has 3 saturated heterocycles. The molecule has 178 valence electrons. The van der Waals surface area contributed by atoms with Crippen molar-refractivity contribution in [1.82, 2.24) is 0 Å². The molecule has 5 rings (SSSR count). The molecule has 0 aromatic heterocycles. The van der Waals surface area contributed by atoms with Crippen LogP contribution >= 0.6 is 0 Å². The van der Waals surface area contributed by atoms with Crippen molar-refractivity contribution in [1.29, 1.82) is 0 Å². The van der Waals surface area contributed by atoms with Crippen molar-refractivity contribution in [2.45, 2.75) is 57.5 Å². The number of benzene rings is 2. The van der Waals surface area contributed by atoms with Crippen LogP contribution in [0.15, 0.2) is 36.4 Å². The molecule has 3 aliphatic heterocycles. The zero-order chi connectivity index (χ0) is 22.8. The largest absolute Gasteiger partial charge is 0.491 e. The normalized spacial score (nSPS) is 23.3. The van der Waals surface area contributed by atoms with Crippen LogP contribution in [-0.2, 0) is 37.4 Å². The number of hydrogen-bond acceptors (Lipinski definition) is 6. The lowest BCUT2D eigenvalue weighted by Gasteiger charge is -2.28. The minimum atomic E-state index is -0.198. The van der Waals surface area contributed by atoms with E-state index in [1.54, 1.807) is 0 Å². The Morgan fingerprint density at radius 2 is 1.30 bits per heavy atom. The first kappa shape index (κ1) is 22.7. The summed E-state index contributed by atoms with van der Waals surface area (Å²) >= 11 is 0. The van der Waals surface area contributed by atoms with E-state index in [4.69, 9.17) is 28.4 Å². The molecule has 0 bridgehead atoms. The molecule has 3 heterocycles. The Balaban J connectivity index is 1.39. The van der Waals surface area contributed by atoms with Crippen molar-refractivity contribution in [3.8, 4) is 11.5 Å². The van der Waals surface area contributed by atoms with Crippen LogP contribution in [0.3, 0.4) is 0 Å². The van der Waals surface area contributed by atoms with E-state index in [1.165, 1.54) is 16.7 Å². The van der Waals surface area contributed by atoms with Crippen LogP contribution < -0.4 is 9.47 Å². The second-order valence-electron chi connectivity index (χ2n) is 9.60. The SMILES string of the molecule is CCOCc1cc(C(C)(C)c2ccc(OCC3CO3)c(CC3CO3)c2)ccc1OCC1CO1. The van der Waals surface area contributed by atoms with Crippen LogP contribution in [0, 0.1) is 0 Å². The Labute approximate surface area is 196 Å². The van der Waals surface area contributed by atoms with Crippen molar-refractivity contribution in [3.63, 3.8) is 0 Å². The lowest BCUT2D eigenvalue weighted by molar-refractivity contribution is 0.130. The van der Waals surface area contributed by atoms with Crippen LogP contribution in [0.2, 0.25) is 0 Å². The van der Waals surface area contributed by atoms with E-state index in [1.807, 2.05) is 6.92 Å². The average Bonchev–Trinajstić information content (AvgIpc) is 3.67. The van der Waals surface area contributed by atoms with Gasteiger partial charge in [0.05, 0.1) is 32.5 Å². The van der Waals surface area contributed by atoms with Gasteiger partial charge in [-0.25, -0.2) is 0 Å². The summed E-state index contributed by atoms with van der Waals surface area (Å²) < 4.78 is 33.9. The highest BCUT2D eigenvalue weighted by molar-refractivity contribution is 5.48. The number of ether oxygens (including phenoxy) is 6. The van der Waals surface area contributed by atoms with Gasteiger partial charge in [-0.15, -0.1) is 0 Å². The Hall–Kier alpha value is -2.12.